The average molecular weight is 241 g/mol. The Kier molecular flexibility index (Phi) is 3.11. The molecule has 1 heterocycles. The van der Waals surface area contributed by atoms with Crippen LogP contribution < -0.4 is 5.73 Å². The molecule has 0 spiro atoms. The molecule has 0 aromatic heterocycles. The topological polar surface area (TPSA) is 52.3 Å². The lowest BCUT2D eigenvalue weighted by Gasteiger charge is -2.34. The van der Waals surface area contributed by atoms with Crippen molar-refractivity contribution in [2.45, 2.75) is 18.3 Å². The molecule has 0 radical (unpaired) electrons. The lowest BCUT2D eigenvalue weighted by Crippen LogP contribution is -2.45. The highest BCUT2D eigenvalue weighted by Gasteiger charge is 2.40. The highest BCUT2D eigenvalue weighted by atomic mass is 19.1. The van der Waals surface area contributed by atoms with Crippen molar-refractivity contribution in [3.05, 3.63) is 35.4 Å². The molecule has 17 heavy (non-hydrogen) atoms. The summed E-state index contributed by atoms with van der Waals surface area (Å²) in [6, 6.07) is 3.11. The monoisotopic (exact) mass is 241 g/mol. The van der Waals surface area contributed by atoms with Crippen LogP contribution in [0.15, 0.2) is 18.2 Å². The van der Waals surface area contributed by atoms with Crippen LogP contribution in [0.3, 0.4) is 0 Å². The van der Waals surface area contributed by atoms with Gasteiger partial charge in [-0.25, -0.2) is 8.78 Å². The lowest BCUT2D eigenvalue weighted by atomic mass is 9.73. The summed E-state index contributed by atoms with van der Waals surface area (Å²) in [5.41, 5.74) is 4.68. The summed E-state index contributed by atoms with van der Waals surface area (Å²) < 4.78 is 31.5. The fourth-order valence-electron chi connectivity index (χ4n) is 2.23. The fourth-order valence-corrected chi connectivity index (χ4v) is 2.23. The third-order valence-electron chi connectivity index (χ3n) is 3.23. The van der Waals surface area contributed by atoms with Crippen LogP contribution in [0.25, 0.3) is 0 Å². The summed E-state index contributed by atoms with van der Waals surface area (Å²) in [6.07, 6.45) is 0.705. The first kappa shape index (κ1) is 12.0. The van der Waals surface area contributed by atoms with Crippen molar-refractivity contribution in [1.82, 2.24) is 0 Å². The lowest BCUT2D eigenvalue weighted by molar-refractivity contribution is -0.127. The van der Waals surface area contributed by atoms with Crippen LogP contribution in [-0.4, -0.2) is 19.1 Å². The van der Waals surface area contributed by atoms with Crippen molar-refractivity contribution in [2.24, 2.45) is 5.73 Å². The van der Waals surface area contributed by atoms with E-state index in [9.17, 15) is 13.6 Å². The highest BCUT2D eigenvalue weighted by Crippen LogP contribution is 2.35. The van der Waals surface area contributed by atoms with Gasteiger partial charge >= 0.3 is 0 Å². The average Bonchev–Trinajstić information content (AvgIpc) is 2.28. The minimum absolute atomic E-state index is 0.297. The van der Waals surface area contributed by atoms with Crippen molar-refractivity contribution in [3.63, 3.8) is 0 Å². The molecule has 0 unspecified atom stereocenters. The van der Waals surface area contributed by atoms with Crippen LogP contribution in [-0.2, 0) is 14.9 Å². The molecule has 0 atom stereocenters. The number of rotatable bonds is 2. The molecule has 1 aromatic carbocycles. The largest absolute Gasteiger partial charge is 0.381 e. The molecule has 1 aliphatic rings. The third kappa shape index (κ3) is 2.15. The zero-order valence-electron chi connectivity index (χ0n) is 9.21. The van der Waals surface area contributed by atoms with Gasteiger partial charge in [0.1, 0.15) is 11.6 Å². The number of nitrogens with two attached hydrogens (primary N) is 1. The van der Waals surface area contributed by atoms with E-state index in [4.69, 9.17) is 10.5 Å². The second kappa shape index (κ2) is 4.41. The van der Waals surface area contributed by atoms with Gasteiger partial charge in [0.2, 0.25) is 5.91 Å². The van der Waals surface area contributed by atoms with E-state index in [1.807, 2.05) is 0 Å². The van der Waals surface area contributed by atoms with E-state index < -0.39 is 23.0 Å². The molecule has 1 aliphatic heterocycles. The van der Waals surface area contributed by atoms with Crippen LogP contribution in [0.4, 0.5) is 8.78 Å². The molecule has 1 saturated heterocycles. The standard InChI is InChI=1S/C12H13F2NO2/c13-9-5-8(6-10(14)7-9)12(11(15)16)1-3-17-4-2-12/h5-7H,1-4H2,(H2,15,16). The first-order valence-corrected chi connectivity index (χ1v) is 5.39. The molecular weight excluding hydrogens is 228 g/mol. The molecule has 1 fully saturated rings. The van der Waals surface area contributed by atoms with Crippen LogP contribution >= 0.6 is 0 Å². The quantitative estimate of drug-likeness (QED) is 0.853. The Bertz CT molecular complexity index is 422. The van der Waals surface area contributed by atoms with Gasteiger partial charge in [-0.1, -0.05) is 0 Å². The van der Waals surface area contributed by atoms with Gasteiger partial charge in [0, 0.05) is 19.3 Å². The molecule has 1 amide bonds. The Morgan fingerprint density at radius 2 is 1.71 bits per heavy atom. The zero-order chi connectivity index (χ0) is 12.5. The van der Waals surface area contributed by atoms with Gasteiger partial charge in [-0.05, 0) is 30.5 Å². The molecule has 3 nitrogen and oxygen atoms in total. The second-order valence-electron chi connectivity index (χ2n) is 4.22. The molecule has 5 heteroatoms. The van der Waals surface area contributed by atoms with Gasteiger partial charge < -0.3 is 10.5 Å². The summed E-state index contributed by atoms with van der Waals surface area (Å²) in [6.45, 7) is 0.724. The van der Waals surface area contributed by atoms with Gasteiger partial charge in [-0.2, -0.15) is 0 Å². The van der Waals surface area contributed by atoms with Crippen molar-refractivity contribution >= 4 is 5.91 Å². The van der Waals surface area contributed by atoms with Crippen LogP contribution in [0.1, 0.15) is 18.4 Å². The number of amides is 1. The highest BCUT2D eigenvalue weighted by molar-refractivity contribution is 5.86. The zero-order valence-corrected chi connectivity index (χ0v) is 9.21. The summed E-state index contributed by atoms with van der Waals surface area (Å²) >= 11 is 0. The molecule has 92 valence electrons. The molecule has 1 aromatic rings. The first-order chi connectivity index (χ1) is 8.04. The molecular formula is C12H13F2NO2. The van der Waals surface area contributed by atoms with Gasteiger partial charge in [0.05, 0.1) is 5.41 Å². The van der Waals surface area contributed by atoms with Gasteiger partial charge in [-0.3, -0.25) is 4.79 Å². The van der Waals surface area contributed by atoms with Crippen molar-refractivity contribution in [3.8, 4) is 0 Å². The number of ether oxygens (including phenoxy) is 1. The van der Waals surface area contributed by atoms with E-state index in [1.165, 1.54) is 12.1 Å². The van der Waals surface area contributed by atoms with E-state index in [0.717, 1.165) is 6.07 Å². The minimum atomic E-state index is -1.01. The van der Waals surface area contributed by atoms with Crippen LogP contribution in [0.2, 0.25) is 0 Å². The van der Waals surface area contributed by atoms with E-state index in [0.29, 0.717) is 31.6 Å². The molecule has 2 rings (SSSR count). The molecule has 2 N–H and O–H groups in total. The fraction of sp³-hybridized carbons (Fsp3) is 0.417. The number of hydrogen-bond acceptors (Lipinski definition) is 2. The second-order valence-corrected chi connectivity index (χ2v) is 4.22. The SMILES string of the molecule is NC(=O)C1(c2cc(F)cc(F)c2)CCOCC1. The van der Waals surface area contributed by atoms with Crippen LogP contribution in [0, 0.1) is 11.6 Å². The third-order valence-corrected chi connectivity index (χ3v) is 3.23. The van der Waals surface area contributed by atoms with Crippen molar-refractivity contribution in [1.29, 1.82) is 0 Å². The summed E-state index contributed by atoms with van der Waals surface area (Å²) in [4.78, 5) is 11.6. The number of carbonyl (C=O) groups excluding carboxylic acids is 1. The Morgan fingerprint density at radius 1 is 1.18 bits per heavy atom. The maximum absolute atomic E-state index is 13.2. The Hall–Kier alpha value is -1.49. The number of primary amides is 1. The van der Waals surface area contributed by atoms with Crippen molar-refractivity contribution in [2.75, 3.05) is 13.2 Å². The van der Waals surface area contributed by atoms with E-state index in [1.54, 1.807) is 0 Å². The summed E-state index contributed by atoms with van der Waals surface area (Å²) in [5.74, 6) is -1.97. The van der Waals surface area contributed by atoms with Gasteiger partial charge in [0.15, 0.2) is 0 Å². The van der Waals surface area contributed by atoms with Gasteiger partial charge in [-0.15, -0.1) is 0 Å². The van der Waals surface area contributed by atoms with Gasteiger partial charge in [0.25, 0.3) is 0 Å². The van der Waals surface area contributed by atoms with E-state index in [2.05, 4.69) is 0 Å². The number of carbonyl (C=O) groups is 1. The predicted molar refractivity (Wildman–Crippen MR) is 57.3 cm³/mol. The maximum atomic E-state index is 13.2. The molecule has 0 aliphatic carbocycles. The summed E-state index contributed by atoms with van der Waals surface area (Å²) in [5, 5.41) is 0. The first-order valence-electron chi connectivity index (χ1n) is 5.39. The van der Waals surface area contributed by atoms with E-state index >= 15 is 0 Å². The van der Waals surface area contributed by atoms with Crippen LogP contribution in [0.5, 0.6) is 0 Å². The Labute approximate surface area is 97.6 Å². The number of hydrogen-bond donors (Lipinski definition) is 1. The summed E-state index contributed by atoms with van der Waals surface area (Å²) in [7, 11) is 0. The van der Waals surface area contributed by atoms with E-state index in [-0.39, 0.29) is 0 Å². The smallest absolute Gasteiger partial charge is 0.228 e. The number of halogens is 2. The number of benzene rings is 1. The molecule has 0 saturated carbocycles. The molecule has 0 bridgehead atoms. The minimum Gasteiger partial charge on any atom is -0.381 e. The Morgan fingerprint density at radius 3 is 2.18 bits per heavy atom. The predicted octanol–water partition coefficient (Wildman–Crippen LogP) is 1.50. The Balaban J connectivity index is 2.48. The van der Waals surface area contributed by atoms with Crippen molar-refractivity contribution < 1.29 is 18.3 Å². The maximum Gasteiger partial charge on any atom is 0.228 e. The normalized spacial score (nSPS) is 18.9.